The molecule has 0 amide bonds. The molecule has 0 radical (unpaired) electrons. The van der Waals surface area contributed by atoms with Crippen molar-refractivity contribution in [1.82, 2.24) is 0 Å². The lowest BCUT2D eigenvalue weighted by Crippen LogP contribution is -1.72. The van der Waals surface area contributed by atoms with Crippen molar-refractivity contribution in [1.29, 1.82) is 0 Å². The van der Waals surface area contributed by atoms with Crippen molar-refractivity contribution in [3.8, 4) is 0 Å². The summed E-state index contributed by atoms with van der Waals surface area (Å²) in [7, 11) is 0. The van der Waals surface area contributed by atoms with E-state index in [2.05, 4.69) is 36.6 Å². The van der Waals surface area contributed by atoms with Gasteiger partial charge in [0.25, 0.3) is 0 Å². The normalized spacial score (nSPS) is 12.8. The minimum atomic E-state index is 1.07. The van der Waals surface area contributed by atoms with Gasteiger partial charge in [-0.05, 0) is 35.9 Å². The standard InChI is InChI=1S/C10H10S.C2H6/c1-8-7-11-10-6-4-2-3-5-9(8)10;1-2/h3-7H,2H2,1H3;1-2H3. The molecule has 0 N–H and O–H groups in total. The largest absolute Gasteiger partial charge is 0.144 e. The minimum Gasteiger partial charge on any atom is -0.144 e. The van der Waals surface area contributed by atoms with Crippen LogP contribution in [0.4, 0.5) is 0 Å². The lowest BCUT2D eigenvalue weighted by atomic mass is 10.1. The van der Waals surface area contributed by atoms with Crippen molar-refractivity contribution in [2.45, 2.75) is 27.2 Å². The van der Waals surface area contributed by atoms with Gasteiger partial charge >= 0.3 is 0 Å². The van der Waals surface area contributed by atoms with Crippen molar-refractivity contribution < 1.29 is 0 Å². The number of hydrogen-bond donors (Lipinski definition) is 0. The average molecular weight is 192 g/mol. The highest BCUT2D eigenvalue weighted by Gasteiger charge is 2.03. The second-order valence-electron chi connectivity index (χ2n) is 2.74. The Morgan fingerprint density at radius 3 is 2.62 bits per heavy atom. The van der Waals surface area contributed by atoms with Gasteiger partial charge in [-0.25, -0.2) is 0 Å². The van der Waals surface area contributed by atoms with Gasteiger partial charge < -0.3 is 0 Å². The molecule has 1 aromatic rings. The third-order valence-corrected chi connectivity index (χ3v) is 2.96. The number of hydrogen-bond acceptors (Lipinski definition) is 1. The van der Waals surface area contributed by atoms with Crippen LogP contribution < -0.4 is 0 Å². The van der Waals surface area contributed by atoms with E-state index < -0.39 is 0 Å². The van der Waals surface area contributed by atoms with Gasteiger partial charge in [0.15, 0.2) is 0 Å². The van der Waals surface area contributed by atoms with Crippen LogP contribution in [0.5, 0.6) is 0 Å². The van der Waals surface area contributed by atoms with Crippen LogP contribution >= 0.6 is 11.3 Å². The third kappa shape index (κ3) is 2.31. The first-order chi connectivity index (χ1) is 6.38. The highest BCUT2D eigenvalue weighted by molar-refractivity contribution is 7.11. The number of rotatable bonds is 0. The first-order valence-electron chi connectivity index (χ1n) is 4.79. The van der Waals surface area contributed by atoms with Gasteiger partial charge in [0.05, 0.1) is 0 Å². The van der Waals surface area contributed by atoms with E-state index in [1.807, 2.05) is 25.2 Å². The summed E-state index contributed by atoms with van der Waals surface area (Å²) >= 11 is 1.83. The van der Waals surface area contributed by atoms with E-state index in [1.165, 1.54) is 16.0 Å². The van der Waals surface area contributed by atoms with Crippen molar-refractivity contribution in [2.24, 2.45) is 0 Å². The van der Waals surface area contributed by atoms with Crippen LogP contribution in [0.1, 0.15) is 36.3 Å². The monoisotopic (exact) mass is 192 g/mol. The van der Waals surface area contributed by atoms with Crippen LogP contribution in [0.15, 0.2) is 17.5 Å². The highest BCUT2D eigenvalue weighted by Crippen LogP contribution is 2.26. The predicted octanol–water partition coefficient (Wildman–Crippen LogP) is 4.51. The molecular formula is C12H16S. The van der Waals surface area contributed by atoms with Gasteiger partial charge in [-0.3, -0.25) is 0 Å². The van der Waals surface area contributed by atoms with E-state index in [1.54, 1.807) is 0 Å². The molecule has 2 rings (SSSR count). The fourth-order valence-corrected chi connectivity index (χ4v) is 2.22. The van der Waals surface area contributed by atoms with Gasteiger partial charge in [0.1, 0.15) is 0 Å². The van der Waals surface area contributed by atoms with Gasteiger partial charge in [0, 0.05) is 4.88 Å². The van der Waals surface area contributed by atoms with E-state index in [0.29, 0.717) is 0 Å². The van der Waals surface area contributed by atoms with E-state index >= 15 is 0 Å². The van der Waals surface area contributed by atoms with Gasteiger partial charge in [-0.2, -0.15) is 0 Å². The van der Waals surface area contributed by atoms with Crippen molar-refractivity contribution in [3.63, 3.8) is 0 Å². The molecule has 0 aliphatic heterocycles. The summed E-state index contributed by atoms with van der Waals surface area (Å²) in [6.07, 6.45) is 9.93. The lowest BCUT2D eigenvalue weighted by Gasteiger charge is -1.90. The van der Waals surface area contributed by atoms with Gasteiger partial charge in [-0.15, -0.1) is 11.3 Å². The molecule has 70 valence electrons. The number of fused-ring (bicyclic) bond motifs is 1. The van der Waals surface area contributed by atoms with Crippen LogP contribution in [0.2, 0.25) is 0 Å². The SMILES string of the molecule is CC.Cc1csc2c1C=CCC=C2. The number of thiophene rings is 1. The molecule has 0 atom stereocenters. The Kier molecular flexibility index (Phi) is 3.97. The fourth-order valence-electron chi connectivity index (χ4n) is 1.26. The molecule has 1 aliphatic carbocycles. The smallest absolute Gasteiger partial charge is 0.0342 e. The van der Waals surface area contributed by atoms with E-state index in [4.69, 9.17) is 0 Å². The van der Waals surface area contributed by atoms with Crippen molar-refractivity contribution in [3.05, 3.63) is 33.5 Å². The zero-order valence-corrected chi connectivity index (χ0v) is 9.32. The maximum atomic E-state index is 2.22. The van der Waals surface area contributed by atoms with Crippen LogP contribution in [-0.4, -0.2) is 0 Å². The molecule has 1 heterocycles. The maximum absolute atomic E-state index is 2.22. The van der Waals surface area contributed by atoms with Crippen LogP contribution in [0.3, 0.4) is 0 Å². The summed E-state index contributed by atoms with van der Waals surface area (Å²) in [6.45, 7) is 6.17. The summed E-state index contributed by atoms with van der Waals surface area (Å²) in [5, 5.41) is 2.21. The minimum absolute atomic E-state index is 1.07. The van der Waals surface area contributed by atoms with Crippen molar-refractivity contribution in [2.75, 3.05) is 0 Å². The Morgan fingerprint density at radius 2 is 1.85 bits per heavy atom. The van der Waals surface area contributed by atoms with E-state index in [-0.39, 0.29) is 0 Å². The van der Waals surface area contributed by atoms with Crippen LogP contribution in [0, 0.1) is 6.92 Å². The molecule has 0 spiro atoms. The van der Waals surface area contributed by atoms with Crippen LogP contribution in [-0.2, 0) is 0 Å². The van der Waals surface area contributed by atoms with E-state index in [9.17, 15) is 0 Å². The molecule has 0 fully saturated rings. The molecule has 0 bridgehead atoms. The summed E-state index contributed by atoms with van der Waals surface area (Å²) in [5.74, 6) is 0. The van der Waals surface area contributed by atoms with Gasteiger partial charge in [-0.1, -0.05) is 32.1 Å². The third-order valence-electron chi connectivity index (χ3n) is 1.88. The Labute approximate surface area is 84.6 Å². The maximum Gasteiger partial charge on any atom is 0.0342 e. The Morgan fingerprint density at radius 1 is 1.15 bits per heavy atom. The highest BCUT2D eigenvalue weighted by atomic mass is 32.1. The predicted molar refractivity (Wildman–Crippen MR) is 63.1 cm³/mol. The van der Waals surface area contributed by atoms with Crippen molar-refractivity contribution >= 4 is 23.5 Å². The van der Waals surface area contributed by atoms with Crippen LogP contribution in [0.25, 0.3) is 12.2 Å². The average Bonchev–Trinajstić information content (AvgIpc) is 2.44. The second-order valence-corrected chi connectivity index (χ2v) is 3.65. The Hall–Kier alpha value is -0.820. The second kappa shape index (κ2) is 5.03. The summed E-state index contributed by atoms with van der Waals surface area (Å²) in [5.41, 5.74) is 2.80. The number of aryl methyl sites for hydroxylation is 1. The molecule has 0 aromatic carbocycles. The van der Waals surface area contributed by atoms with E-state index in [0.717, 1.165) is 6.42 Å². The molecule has 0 nitrogen and oxygen atoms in total. The fraction of sp³-hybridized carbons (Fsp3) is 0.333. The first kappa shape index (κ1) is 10.3. The Balaban J connectivity index is 0.000000396. The molecule has 0 saturated carbocycles. The molecule has 1 aliphatic rings. The molecular weight excluding hydrogens is 176 g/mol. The summed E-state index contributed by atoms with van der Waals surface area (Å²) in [6, 6.07) is 0. The topological polar surface area (TPSA) is 0 Å². The molecule has 13 heavy (non-hydrogen) atoms. The summed E-state index contributed by atoms with van der Waals surface area (Å²) < 4.78 is 0. The molecule has 1 heteroatoms. The number of allylic oxidation sites excluding steroid dienone is 2. The quantitative estimate of drug-likeness (QED) is 0.567. The summed E-state index contributed by atoms with van der Waals surface area (Å²) in [4.78, 5) is 1.40. The molecule has 1 aromatic heterocycles. The zero-order valence-electron chi connectivity index (χ0n) is 8.50. The first-order valence-corrected chi connectivity index (χ1v) is 5.67. The molecule has 0 saturated heterocycles. The zero-order chi connectivity index (χ0) is 9.68. The Bertz CT molecular complexity index is 316. The van der Waals surface area contributed by atoms with Gasteiger partial charge in [0.2, 0.25) is 0 Å². The molecule has 0 unspecified atom stereocenters. The lowest BCUT2D eigenvalue weighted by molar-refractivity contribution is 1.43.